The maximum Gasteiger partial charge on any atom is 0.123 e. The zero-order chi connectivity index (χ0) is 26.1. The molecule has 39 heavy (non-hydrogen) atoms. The zero-order valence-corrected chi connectivity index (χ0v) is 22.9. The summed E-state index contributed by atoms with van der Waals surface area (Å²) in [5, 5.41) is 7.31. The minimum Gasteiger partial charge on any atom is -0.341 e. The maximum absolute atomic E-state index is 4.82. The van der Waals surface area contributed by atoms with E-state index >= 15 is 0 Å². The smallest absolute Gasteiger partial charge is 0.123 e. The number of H-pyrrole nitrogens is 2. The van der Waals surface area contributed by atoms with Crippen LogP contribution in [0.1, 0.15) is 105 Å². The Hall–Kier alpha value is -3.22. The number of benzene rings is 2. The Bertz CT molecular complexity index is 1510. The van der Waals surface area contributed by atoms with Gasteiger partial charge in [-0.25, -0.2) is 9.97 Å². The van der Waals surface area contributed by atoms with E-state index in [1.54, 1.807) is 11.1 Å². The van der Waals surface area contributed by atoms with Crippen molar-refractivity contribution in [3.05, 3.63) is 71.6 Å². The van der Waals surface area contributed by atoms with E-state index in [1.807, 2.05) is 6.20 Å². The van der Waals surface area contributed by atoms with E-state index in [2.05, 4.69) is 77.0 Å². The average Bonchev–Trinajstić information content (AvgIpc) is 3.79. The third-order valence-electron chi connectivity index (χ3n) is 9.93. The predicted octanol–water partition coefficient (Wildman–Crippen LogP) is 7.12. The molecule has 0 spiro atoms. The second-order valence-corrected chi connectivity index (χ2v) is 12.5. The van der Waals surface area contributed by atoms with Crippen LogP contribution >= 0.6 is 0 Å². The van der Waals surface area contributed by atoms with Crippen molar-refractivity contribution in [2.75, 3.05) is 0 Å². The van der Waals surface area contributed by atoms with Crippen molar-refractivity contribution in [2.24, 2.45) is 0 Å². The molecule has 2 aromatic carbocycles. The van der Waals surface area contributed by atoms with Gasteiger partial charge in [0.1, 0.15) is 11.6 Å². The summed E-state index contributed by atoms with van der Waals surface area (Å²) in [5.74, 6) is 3.50. The summed E-state index contributed by atoms with van der Waals surface area (Å²) < 4.78 is 0. The molecule has 4 aromatic rings. The summed E-state index contributed by atoms with van der Waals surface area (Å²) in [5.41, 5.74) is 10.7. The quantitative estimate of drug-likeness (QED) is 0.227. The third-order valence-corrected chi connectivity index (χ3v) is 9.93. The van der Waals surface area contributed by atoms with E-state index in [9.17, 15) is 0 Å². The minimum atomic E-state index is 0.341. The number of imidazole rings is 2. The first-order chi connectivity index (χ1) is 19.1. The van der Waals surface area contributed by atoms with Crippen LogP contribution < -0.4 is 10.6 Å². The zero-order valence-electron chi connectivity index (χ0n) is 22.9. The standard InChI is InChI=1S/C33H38N6/c1-18-3-13-26(36-18)32-34-16-28(38-32)21-7-5-20(6-8-21)24-11-12-25(31-23-10-9-22(15-23)30(24)31)29-17-35-33(39-29)27-14-4-19(2)37-27/h5-8,11-12,16-19,22-23,26-27,36-37H,3-4,9-10,13-15H2,1-2H3,(H,34,38)(H,35,39)/t18-,19-,22?,23?,26-,27?/m0/s1. The lowest BCUT2D eigenvalue weighted by Gasteiger charge is -2.22. The second kappa shape index (κ2) is 9.17. The van der Waals surface area contributed by atoms with Gasteiger partial charge in [-0.05, 0) is 98.4 Å². The largest absolute Gasteiger partial charge is 0.341 e. The molecule has 200 valence electrons. The number of rotatable bonds is 5. The average molecular weight is 519 g/mol. The molecule has 6 heteroatoms. The van der Waals surface area contributed by atoms with Gasteiger partial charge in [0.2, 0.25) is 0 Å². The molecule has 4 heterocycles. The fraction of sp³-hybridized carbons (Fsp3) is 0.455. The van der Waals surface area contributed by atoms with Crippen LogP contribution in [0.4, 0.5) is 0 Å². The number of hydrogen-bond donors (Lipinski definition) is 4. The van der Waals surface area contributed by atoms with Gasteiger partial charge in [-0.1, -0.05) is 36.4 Å². The number of aromatic amines is 2. The van der Waals surface area contributed by atoms with Gasteiger partial charge in [0.15, 0.2) is 0 Å². The van der Waals surface area contributed by atoms with Crippen molar-refractivity contribution in [2.45, 2.75) is 94.8 Å². The Morgan fingerprint density at radius 2 is 1.13 bits per heavy atom. The van der Waals surface area contributed by atoms with Crippen LogP contribution in [-0.4, -0.2) is 32.0 Å². The van der Waals surface area contributed by atoms with E-state index in [-0.39, 0.29) is 0 Å². The van der Waals surface area contributed by atoms with Gasteiger partial charge in [0.25, 0.3) is 0 Å². The highest BCUT2D eigenvalue weighted by Crippen LogP contribution is 2.58. The molecular weight excluding hydrogens is 480 g/mol. The molecule has 0 amide bonds. The molecule has 2 bridgehead atoms. The Morgan fingerprint density at radius 3 is 1.74 bits per heavy atom. The molecule has 6 atom stereocenters. The van der Waals surface area contributed by atoms with Crippen LogP contribution in [0.25, 0.3) is 33.6 Å². The maximum atomic E-state index is 4.82. The Labute approximate surface area is 230 Å². The van der Waals surface area contributed by atoms with Gasteiger partial charge in [0.05, 0.1) is 35.9 Å². The summed E-state index contributed by atoms with van der Waals surface area (Å²) >= 11 is 0. The Balaban J connectivity index is 1.10. The second-order valence-electron chi connectivity index (χ2n) is 12.5. The number of fused-ring (bicyclic) bond motifs is 5. The fourth-order valence-electron chi connectivity index (χ4n) is 7.93. The molecule has 4 aliphatic rings. The summed E-state index contributed by atoms with van der Waals surface area (Å²) in [4.78, 5) is 16.8. The summed E-state index contributed by atoms with van der Waals surface area (Å²) in [6, 6.07) is 15.6. The van der Waals surface area contributed by atoms with Gasteiger partial charge in [-0.2, -0.15) is 0 Å². The van der Waals surface area contributed by atoms with Crippen molar-refractivity contribution in [3.8, 4) is 33.6 Å². The van der Waals surface area contributed by atoms with Crippen molar-refractivity contribution in [3.63, 3.8) is 0 Å². The highest BCUT2D eigenvalue weighted by Gasteiger charge is 2.40. The van der Waals surface area contributed by atoms with E-state index in [1.165, 1.54) is 60.1 Å². The molecule has 2 saturated heterocycles. The Morgan fingerprint density at radius 1 is 0.590 bits per heavy atom. The van der Waals surface area contributed by atoms with Crippen molar-refractivity contribution in [1.29, 1.82) is 0 Å². The molecule has 8 rings (SSSR count). The first-order valence-electron chi connectivity index (χ1n) is 15.0. The summed E-state index contributed by atoms with van der Waals surface area (Å²) in [6.07, 6.45) is 12.7. The predicted molar refractivity (Wildman–Crippen MR) is 156 cm³/mol. The molecule has 3 unspecified atom stereocenters. The molecular formula is C33H38N6. The van der Waals surface area contributed by atoms with Crippen LogP contribution in [-0.2, 0) is 0 Å². The minimum absolute atomic E-state index is 0.341. The fourth-order valence-corrected chi connectivity index (χ4v) is 7.93. The number of hydrogen-bond acceptors (Lipinski definition) is 4. The summed E-state index contributed by atoms with van der Waals surface area (Å²) in [6.45, 7) is 4.51. The van der Waals surface area contributed by atoms with Gasteiger partial charge >= 0.3 is 0 Å². The number of nitrogens with one attached hydrogen (secondary N) is 4. The van der Waals surface area contributed by atoms with Crippen molar-refractivity contribution in [1.82, 2.24) is 30.6 Å². The van der Waals surface area contributed by atoms with Crippen LogP contribution in [0.3, 0.4) is 0 Å². The van der Waals surface area contributed by atoms with E-state index in [0.717, 1.165) is 30.2 Å². The normalized spacial score (nSPS) is 29.4. The van der Waals surface area contributed by atoms with Gasteiger partial charge in [-0.3, -0.25) is 0 Å². The van der Waals surface area contributed by atoms with Gasteiger partial charge in [-0.15, -0.1) is 0 Å². The molecule has 2 aliphatic heterocycles. The molecule has 4 N–H and O–H groups in total. The highest BCUT2D eigenvalue weighted by molar-refractivity contribution is 5.80. The number of aromatic nitrogens is 4. The van der Waals surface area contributed by atoms with Crippen LogP contribution in [0.2, 0.25) is 0 Å². The van der Waals surface area contributed by atoms with E-state index < -0.39 is 0 Å². The molecule has 0 radical (unpaired) electrons. The Kier molecular flexibility index (Phi) is 5.56. The number of nitrogens with zero attached hydrogens (tertiary/aromatic N) is 2. The SMILES string of the molecule is C[C@H]1CCC(c2ncc(-c3ccc(-c4ccc(-c5cnc([C@@H]6CC[C@H](C)N6)[nH]5)cc4)c4c3C3CCC4C3)[nH]2)N1. The molecule has 1 saturated carbocycles. The lowest BCUT2D eigenvalue weighted by molar-refractivity contribution is 0.564. The van der Waals surface area contributed by atoms with Gasteiger partial charge < -0.3 is 20.6 Å². The molecule has 2 aliphatic carbocycles. The van der Waals surface area contributed by atoms with Crippen LogP contribution in [0, 0.1) is 0 Å². The molecule has 6 nitrogen and oxygen atoms in total. The van der Waals surface area contributed by atoms with Crippen LogP contribution in [0.15, 0.2) is 48.8 Å². The topological polar surface area (TPSA) is 81.4 Å². The monoisotopic (exact) mass is 518 g/mol. The van der Waals surface area contributed by atoms with Crippen molar-refractivity contribution < 1.29 is 0 Å². The van der Waals surface area contributed by atoms with E-state index in [0.29, 0.717) is 36.0 Å². The van der Waals surface area contributed by atoms with Gasteiger partial charge in [0, 0.05) is 17.6 Å². The summed E-state index contributed by atoms with van der Waals surface area (Å²) in [7, 11) is 0. The lowest BCUT2D eigenvalue weighted by atomic mass is 9.82. The molecule has 2 aromatic heterocycles. The third kappa shape index (κ3) is 3.99. The molecule has 3 fully saturated rings. The van der Waals surface area contributed by atoms with Crippen molar-refractivity contribution >= 4 is 0 Å². The first-order valence-corrected chi connectivity index (χ1v) is 15.0. The first kappa shape index (κ1) is 23.6. The van der Waals surface area contributed by atoms with E-state index in [4.69, 9.17) is 9.97 Å². The lowest BCUT2D eigenvalue weighted by Crippen LogP contribution is -2.21. The highest BCUT2D eigenvalue weighted by atomic mass is 15.1. The van der Waals surface area contributed by atoms with Crippen LogP contribution in [0.5, 0.6) is 0 Å².